The molecule has 0 fully saturated rings. The van der Waals surface area contributed by atoms with Crippen molar-refractivity contribution in [3.8, 4) is 0 Å². The van der Waals surface area contributed by atoms with Crippen molar-refractivity contribution in [1.82, 2.24) is 0 Å². The second-order valence-corrected chi connectivity index (χ2v) is 7.31. The van der Waals surface area contributed by atoms with Crippen molar-refractivity contribution in [2.24, 2.45) is 0 Å². The highest BCUT2D eigenvalue weighted by molar-refractivity contribution is 6.34. The quantitative estimate of drug-likeness (QED) is 0.299. The number of nitro benzene ring substituents is 1. The fourth-order valence-corrected chi connectivity index (χ4v) is 3.50. The third-order valence-corrected chi connectivity index (χ3v) is 5.11. The molecule has 4 rings (SSSR count). The monoisotopic (exact) mass is 473 g/mol. The molecule has 12 nitrogen and oxygen atoms in total. The van der Waals surface area contributed by atoms with Gasteiger partial charge < -0.3 is 25.1 Å². The molecule has 3 amide bonds. The molecule has 1 aliphatic heterocycles. The van der Waals surface area contributed by atoms with E-state index in [9.17, 15) is 44.3 Å². The van der Waals surface area contributed by atoms with Crippen LogP contribution in [0.2, 0.25) is 0 Å². The van der Waals surface area contributed by atoms with E-state index in [1.54, 1.807) is 0 Å². The molecular formula is C23H11N3O9-2. The van der Waals surface area contributed by atoms with E-state index in [4.69, 9.17) is 0 Å². The normalized spacial score (nSPS) is 12.3. The average Bonchev–Trinajstić information content (AvgIpc) is 3.08. The standard InChI is InChI=1S/C23H13N3O9/c27-19(24-14-7-12(22(30)31)6-13(8-14)23(32)33)11-2-1-3-15(9-11)25-20(28)17-5-4-16(26(34)35)10-18(17)21(25)29/h1-10H,(H,24,27)(H,30,31)(H,32,33)/p-2. The lowest BCUT2D eigenvalue weighted by molar-refractivity contribution is -0.384. The highest BCUT2D eigenvalue weighted by Gasteiger charge is 2.38. The van der Waals surface area contributed by atoms with Gasteiger partial charge in [-0.1, -0.05) is 6.07 Å². The Morgan fingerprint density at radius 1 is 0.771 bits per heavy atom. The third-order valence-electron chi connectivity index (χ3n) is 5.11. The van der Waals surface area contributed by atoms with Gasteiger partial charge in [0.2, 0.25) is 0 Å². The molecular weight excluding hydrogens is 462 g/mol. The first-order valence-electron chi connectivity index (χ1n) is 9.73. The van der Waals surface area contributed by atoms with E-state index < -0.39 is 45.7 Å². The molecule has 3 aromatic carbocycles. The SMILES string of the molecule is O=C([O-])c1cc(NC(=O)c2cccc(N3C(=O)c4ccc([N+](=O)[O-])cc4C3=O)c2)cc(C(=O)[O-])c1. The zero-order chi connectivity index (χ0) is 25.4. The van der Waals surface area contributed by atoms with Gasteiger partial charge in [-0.2, -0.15) is 0 Å². The zero-order valence-corrected chi connectivity index (χ0v) is 17.3. The Labute approximate surface area is 195 Å². The first-order chi connectivity index (χ1) is 16.6. The van der Waals surface area contributed by atoms with Gasteiger partial charge in [-0.3, -0.25) is 24.5 Å². The molecule has 0 bridgehead atoms. The number of carboxylic acids is 2. The summed E-state index contributed by atoms with van der Waals surface area (Å²) in [5, 5.41) is 35.6. The number of nitrogens with zero attached hydrogens (tertiary/aromatic N) is 2. The Morgan fingerprint density at radius 3 is 2.00 bits per heavy atom. The molecule has 0 radical (unpaired) electrons. The summed E-state index contributed by atoms with van der Waals surface area (Å²) in [5.74, 6) is -5.70. The lowest BCUT2D eigenvalue weighted by Gasteiger charge is -2.15. The van der Waals surface area contributed by atoms with E-state index in [0.717, 1.165) is 35.2 Å². The summed E-state index contributed by atoms with van der Waals surface area (Å²) in [5.41, 5.74) is -1.79. The fourth-order valence-electron chi connectivity index (χ4n) is 3.50. The minimum atomic E-state index is -1.67. The van der Waals surface area contributed by atoms with Crippen LogP contribution >= 0.6 is 0 Å². The molecule has 1 aliphatic rings. The number of fused-ring (bicyclic) bond motifs is 1. The fraction of sp³-hybridized carbons (Fsp3) is 0. The summed E-state index contributed by atoms with van der Waals surface area (Å²) < 4.78 is 0. The van der Waals surface area contributed by atoms with Crippen LogP contribution in [0.5, 0.6) is 0 Å². The van der Waals surface area contributed by atoms with Gasteiger partial charge in [0.05, 0.1) is 33.7 Å². The van der Waals surface area contributed by atoms with Gasteiger partial charge in [0.15, 0.2) is 0 Å². The maximum atomic E-state index is 12.8. The zero-order valence-electron chi connectivity index (χ0n) is 17.3. The Morgan fingerprint density at radius 2 is 1.40 bits per heavy atom. The van der Waals surface area contributed by atoms with Crippen molar-refractivity contribution < 1.29 is 39.1 Å². The third kappa shape index (κ3) is 4.18. The number of nitrogens with one attached hydrogen (secondary N) is 1. The first kappa shape index (κ1) is 22.8. The largest absolute Gasteiger partial charge is 0.545 e. The number of nitro groups is 1. The number of hydrogen-bond donors (Lipinski definition) is 1. The van der Waals surface area contributed by atoms with Gasteiger partial charge in [0.25, 0.3) is 23.4 Å². The summed E-state index contributed by atoms with van der Waals surface area (Å²) in [7, 11) is 0. The van der Waals surface area contributed by atoms with Crippen LogP contribution in [-0.4, -0.2) is 34.6 Å². The predicted octanol–water partition coefficient (Wildman–Crippen LogP) is 0.375. The van der Waals surface area contributed by atoms with E-state index in [0.29, 0.717) is 0 Å². The molecule has 0 atom stereocenters. The van der Waals surface area contributed by atoms with Gasteiger partial charge in [0, 0.05) is 23.4 Å². The first-order valence-corrected chi connectivity index (χ1v) is 9.73. The number of rotatable bonds is 6. The number of hydrogen-bond acceptors (Lipinski definition) is 9. The molecule has 1 heterocycles. The van der Waals surface area contributed by atoms with E-state index in [1.165, 1.54) is 30.3 Å². The number of imide groups is 1. The number of anilines is 2. The maximum Gasteiger partial charge on any atom is 0.270 e. The average molecular weight is 473 g/mol. The Bertz CT molecular complexity index is 1450. The highest BCUT2D eigenvalue weighted by atomic mass is 16.6. The van der Waals surface area contributed by atoms with Crippen molar-refractivity contribution in [3.05, 3.63) is 98.6 Å². The van der Waals surface area contributed by atoms with Crippen LogP contribution in [0.15, 0.2) is 60.7 Å². The van der Waals surface area contributed by atoms with Crippen LogP contribution in [0, 0.1) is 10.1 Å². The minimum absolute atomic E-state index is 0.00501. The topological polar surface area (TPSA) is 190 Å². The molecule has 0 spiro atoms. The lowest BCUT2D eigenvalue weighted by Crippen LogP contribution is -2.29. The van der Waals surface area contributed by atoms with Crippen molar-refractivity contribution in [2.75, 3.05) is 10.2 Å². The Kier molecular flexibility index (Phi) is 5.54. The second kappa shape index (κ2) is 8.51. The number of aromatic carboxylic acids is 2. The van der Waals surface area contributed by atoms with Crippen molar-refractivity contribution in [2.45, 2.75) is 0 Å². The van der Waals surface area contributed by atoms with Crippen LogP contribution in [0.4, 0.5) is 17.1 Å². The maximum absolute atomic E-state index is 12.8. The number of benzene rings is 3. The number of non-ortho nitro benzene ring substituents is 1. The van der Waals surface area contributed by atoms with Gasteiger partial charge in [-0.25, -0.2) is 4.90 Å². The van der Waals surface area contributed by atoms with Crippen LogP contribution in [0.1, 0.15) is 51.8 Å². The van der Waals surface area contributed by atoms with Crippen molar-refractivity contribution in [3.63, 3.8) is 0 Å². The summed E-state index contributed by atoms with van der Waals surface area (Å²) in [6, 6.07) is 11.3. The van der Waals surface area contributed by atoms with Gasteiger partial charge in [-0.15, -0.1) is 0 Å². The molecule has 3 aromatic rings. The molecule has 12 heteroatoms. The van der Waals surface area contributed by atoms with Gasteiger partial charge in [-0.05, 0) is 53.6 Å². The molecule has 0 saturated heterocycles. The van der Waals surface area contributed by atoms with Crippen LogP contribution in [0.3, 0.4) is 0 Å². The van der Waals surface area contributed by atoms with Crippen LogP contribution < -0.4 is 20.4 Å². The van der Waals surface area contributed by atoms with Crippen molar-refractivity contribution >= 4 is 46.7 Å². The number of carboxylic acid groups (broad SMARTS) is 2. The summed E-state index contributed by atoms with van der Waals surface area (Å²) in [4.78, 5) is 71.7. The number of carbonyl (C=O) groups is 5. The lowest BCUT2D eigenvalue weighted by atomic mass is 10.1. The number of amides is 3. The molecule has 0 aliphatic carbocycles. The summed E-state index contributed by atoms with van der Waals surface area (Å²) >= 11 is 0. The molecule has 0 aromatic heterocycles. The van der Waals surface area contributed by atoms with Gasteiger partial charge >= 0.3 is 0 Å². The predicted molar refractivity (Wildman–Crippen MR) is 114 cm³/mol. The molecule has 35 heavy (non-hydrogen) atoms. The van der Waals surface area contributed by atoms with Crippen molar-refractivity contribution in [1.29, 1.82) is 0 Å². The van der Waals surface area contributed by atoms with E-state index in [-0.39, 0.29) is 33.8 Å². The van der Waals surface area contributed by atoms with E-state index >= 15 is 0 Å². The molecule has 1 N–H and O–H groups in total. The van der Waals surface area contributed by atoms with E-state index in [2.05, 4.69) is 5.32 Å². The molecule has 0 saturated carbocycles. The van der Waals surface area contributed by atoms with Crippen LogP contribution in [0.25, 0.3) is 0 Å². The summed E-state index contributed by atoms with van der Waals surface area (Å²) in [6.07, 6.45) is 0. The Balaban J connectivity index is 1.64. The Hall–Kier alpha value is -5.39. The van der Waals surface area contributed by atoms with Crippen LogP contribution in [-0.2, 0) is 0 Å². The minimum Gasteiger partial charge on any atom is -0.545 e. The number of carbonyl (C=O) groups excluding carboxylic acids is 5. The summed E-state index contributed by atoms with van der Waals surface area (Å²) in [6.45, 7) is 0. The second-order valence-electron chi connectivity index (χ2n) is 7.31. The molecule has 174 valence electrons. The van der Waals surface area contributed by atoms with E-state index in [1.807, 2.05) is 0 Å². The highest BCUT2D eigenvalue weighted by Crippen LogP contribution is 2.31. The molecule has 0 unspecified atom stereocenters. The van der Waals surface area contributed by atoms with Gasteiger partial charge in [0.1, 0.15) is 0 Å². The smallest absolute Gasteiger partial charge is 0.270 e.